The first kappa shape index (κ1) is 106. The maximum absolute atomic E-state index is 13.3. The largest absolute Gasteiger partial charge is 0.477 e. The molecule has 4 saturated carbocycles. The molecule has 12 N–H and O–H groups in total. The van der Waals surface area contributed by atoms with E-state index in [1.165, 1.54) is 66.0 Å². The van der Waals surface area contributed by atoms with Crippen molar-refractivity contribution in [3.63, 3.8) is 0 Å². The van der Waals surface area contributed by atoms with Crippen molar-refractivity contribution >= 4 is 139 Å². The van der Waals surface area contributed by atoms with E-state index in [0.29, 0.717) is 107 Å². The number of anilines is 9. The van der Waals surface area contributed by atoms with Crippen molar-refractivity contribution in [2.45, 2.75) is 266 Å². The quantitative estimate of drug-likeness (QED) is 0.0181. The van der Waals surface area contributed by atoms with E-state index in [1.807, 2.05) is 47.6 Å². The molecule has 0 radical (unpaired) electrons. The van der Waals surface area contributed by atoms with Gasteiger partial charge in [-0.2, -0.15) is 38.5 Å². The number of carboxylic acid groups (broad SMARTS) is 1. The number of carbonyl (C=O) groups excluding carboxylic acids is 6. The zero-order valence-corrected chi connectivity index (χ0v) is 82.3. The Labute approximate surface area is 801 Å². The van der Waals surface area contributed by atoms with Crippen LogP contribution < -0.4 is 58.8 Å². The Morgan fingerprint density at radius 2 is 0.766 bits per heavy atom. The fourth-order valence-corrected chi connectivity index (χ4v) is 16.2. The summed E-state index contributed by atoms with van der Waals surface area (Å²) < 4.78 is 26.7. The summed E-state index contributed by atoms with van der Waals surface area (Å²) in [5, 5.41) is 73.5. The highest BCUT2D eigenvalue weighted by Crippen LogP contribution is 2.36. The number of rotatable bonds is 21. The molecule has 0 saturated heterocycles. The number of hydrogen-bond donors (Lipinski definition) is 10. The van der Waals surface area contributed by atoms with E-state index < -0.39 is 41.1 Å². The molecule has 0 aliphatic heterocycles. The smallest absolute Gasteiger partial charge is 0.415 e. The summed E-state index contributed by atoms with van der Waals surface area (Å²) >= 11 is 12.1. The van der Waals surface area contributed by atoms with Crippen molar-refractivity contribution in [2.75, 3.05) is 64.6 Å². The number of amides is 3. The lowest BCUT2D eigenvalue weighted by Gasteiger charge is -2.25. The maximum Gasteiger partial charge on any atom is 0.415 e. The third-order valence-corrected chi connectivity index (χ3v) is 23.1. The Kier molecular flexibility index (Phi) is 35.2. The summed E-state index contributed by atoms with van der Waals surface area (Å²) in [4.78, 5) is 146. The second-order valence-corrected chi connectivity index (χ2v) is 39.1. The molecule has 3 unspecified atom stereocenters. The van der Waals surface area contributed by atoms with Gasteiger partial charge in [-0.3, -0.25) is 43.5 Å². The number of Topliss-reactive ketones (excluding diaryl/α,β-unsaturated/α-hetero) is 3. The van der Waals surface area contributed by atoms with E-state index in [0.717, 1.165) is 57.6 Å². The molecule has 15 rings (SSSR count). The van der Waals surface area contributed by atoms with Crippen molar-refractivity contribution in [3.8, 4) is 0 Å². The van der Waals surface area contributed by atoms with Gasteiger partial charge in [0.05, 0.1) is 71.6 Å². The second-order valence-electron chi connectivity index (χ2n) is 38.3. The zero-order valence-electron chi connectivity index (χ0n) is 80.8. The standard InChI is InChI=1S/C27H36N6O5.C22H28N6O3.C19H25ClN4O4.C13H15ClN4O4.C8H12N2O.C5H11NO/c1-16(2)32-11-7-8-20(25(32)36)29-22-14-23(31(6)26(37)38-27(3,4)5)33-24(30-22)19(15-28-33)21(35)13-17-9-10-18(34)12-17;1-13(2)27-8-4-5-17(22(27)31)25-19-11-20(23-3)28-21(26-19)16(12-24-28)18(30)10-14-6-7-15(29)9-14;1-19(2,3)28-18(27)23(4)16-9-15(20)22-17-13(10-21-24(16)17)14(26)8-11-5-6-12(25)7-11;1-13(2,3)22-12(21)17(4)9-5-8(14)16-10-7(11(19)20)6-15-18(9)10;1-6(2)10-5-3-4-7(9)8(10)11;6-4-1-2-5(7)3-4/h7-8,11,14-18,34H,9-10,12-13H2,1-6H3,(H,29,30);4-5,8,11-15,23,29H,6-7,9-10H2,1-3H3,(H,25,26);9-12,25H,5-8H2,1-4H3;5-6H,1-4H3,(H,19,20);3-6H,9H2,1-2H3;4-5,7H,1-3,6H2/t17?,18-;14?,15-;11?,12-;;;4-,5+/m000..1/s1. The van der Waals surface area contributed by atoms with Gasteiger partial charge >= 0.3 is 24.2 Å². The summed E-state index contributed by atoms with van der Waals surface area (Å²) in [5.41, 5.74) is 11.4. The predicted octanol–water partition coefficient (Wildman–Crippen LogP) is 14.1. The minimum atomic E-state index is -1.18. The molecular weight excluding hydrogens is 1810 g/mol. The molecule has 8 atom stereocenters. The average Bonchev–Trinajstić information content (AvgIpc) is 1.65. The van der Waals surface area contributed by atoms with Gasteiger partial charge in [0, 0.05) is 114 Å². The first-order valence-electron chi connectivity index (χ1n) is 45.4. The molecule has 4 aliphatic carbocycles. The number of aliphatic hydroxyl groups excluding tert-OH is 4. The number of carboxylic acids is 1. The average molecular weight is 1940 g/mol. The number of aromatic nitrogens is 15. The minimum Gasteiger partial charge on any atom is -0.477 e. The first-order valence-corrected chi connectivity index (χ1v) is 46.2. The molecule has 0 spiro atoms. The van der Waals surface area contributed by atoms with Crippen LogP contribution in [0.2, 0.25) is 10.3 Å². The number of ether oxygens (including phenoxy) is 3. The number of nitrogens with two attached hydrogens (primary N) is 2. The summed E-state index contributed by atoms with van der Waals surface area (Å²) in [6.45, 7) is 27.5. The highest BCUT2D eigenvalue weighted by molar-refractivity contribution is 6.30. The number of fused-ring (bicyclic) bond motifs is 4. The topological polar surface area (TPSA) is 533 Å². The third-order valence-electron chi connectivity index (χ3n) is 22.7. The van der Waals surface area contributed by atoms with Crippen LogP contribution in [0, 0.1) is 17.8 Å². The Hall–Kier alpha value is -12.8. The van der Waals surface area contributed by atoms with E-state index in [2.05, 4.69) is 56.3 Å². The lowest BCUT2D eigenvalue weighted by atomic mass is 9.98. The number of nitrogens with one attached hydrogen (secondary N) is 3. The molecule has 11 aromatic rings. The molecule has 4 aliphatic rings. The second kappa shape index (κ2) is 45.4. The number of hydrogen-bond acceptors (Lipinski definition) is 30. The molecule has 41 nitrogen and oxygen atoms in total. The van der Waals surface area contributed by atoms with Gasteiger partial charge in [-0.05, 0) is 235 Å². The SMILES string of the molecule is CC(C)n1cccc(N)c1=O.CC(C)n1cccc(Nc2cc(N(C)C(=O)OC(C)(C)C)n3ncc(C(=O)CC4CC[C@H](O)C4)c3n2)c1=O.CN(C(=O)OC(C)(C)C)c1cc(Cl)nc2c(C(=O)CC3CC[C@H](O)C3)cnn12.CN(C(=O)OC(C)(C)C)c1cc(Cl)nc2c(C(=O)O)cnn12.CNc1cc(Nc2cccn(C(C)C)c2=O)nc2c(C(=O)CC3CC[C@H](O)C3)cnn12.N[C@@H]1CC[C@H](O)C1. The van der Waals surface area contributed by atoms with Gasteiger partial charge in [0.2, 0.25) is 0 Å². The number of carbonyl (C=O) groups is 7. The molecule has 137 heavy (non-hydrogen) atoms. The van der Waals surface area contributed by atoms with Crippen LogP contribution in [0.15, 0.2) is 118 Å². The molecule has 3 amide bonds. The number of aromatic carboxylic acids is 1. The molecule has 0 aromatic carbocycles. The maximum atomic E-state index is 13.3. The van der Waals surface area contributed by atoms with Crippen molar-refractivity contribution in [3.05, 3.63) is 168 Å². The summed E-state index contributed by atoms with van der Waals surface area (Å²) in [7, 11) is 6.32. The minimum absolute atomic E-state index is 0.0331. The fraction of sp³-hybridized carbons (Fsp3) is 0.511. The van der Waals surface area contributed by atoms with Crippen LogP contribution >= 0.6 is 23.2 Å². The van der Waals surface area contributed by atoms with E-state index in [4.69, 9.17) is 59.1 Å². The molecule has 740 valence electrons. The number of nitrogen functional groups attached to an aromatic ring is 1. The lowest BCUT2D eigenvalue weighted by molar-refractivity contribution is 0.0577. The molecule has 0 bridgehead atoms. The van der Waals surface area contributed by atoms with Crippen LogP contribution in [-0.4, -0.2) is 215 Å². The van der Waals surface area contributed by atoms with Crippen LogP contribution in [0.25, 0.3) is 22.6 Å². The molecule has 11 aromatic heterocycles. The number of ketones is 3. The number of aliphatic hydroxyl groups is 4. The van der Waals surface area contributed by atoms with Gasteiger partial charge in [-0.15, -0.1) is 0 Å². The normalized spacial score (nSPS) is 18.0. The highest BCUT2D eigenvalue weighted by Gasteiger charge is 2.35. The molecule has 11 heterocycles. The monoisotopic (exact) mass is 1940 g/mol. The fourth-order valence-electron chi connectivity index (χ4n) is 15.8. The van der Waals surface area contributed by atoms with Crippen LogP contribution in [0.3, 0.4) is 0 Å². The first-order chi connectivity index (χ1) is 64.3. The Bertz CT molecular complexity index is 6350. The van der Waals surface area contributed by atoms with E-state index >= 15 is 0 Å². The summed E-state index contributed by atoms with van der Waals surface area (Å²) in [6, 6.07) is 17.0. The number of nitrogens with zero attached hydrogens (tertiary/aromatic N) is 18. The Morgan fingerprint density at radius 1 is 0.453 bits per heavy atom. The molecular formula is C94H127Cl2N23O18. The van der Waals surface area contributed by atoms with Gasteiger partial charge in [-0.25, -0.2) is 39.1 Å². The van der Waals surface area contributed by atoms with Crippen LogP contribution in [0.4, 0.5) is 66.4 Å². The van der Waals surface area contributed by atoms with Crippen LogP contribution in [-0.2, 0) is 14.2 Å². The van der Waals surface area contributed by atoms with E-state index in [9.17, 15) is 63.3 Å². The van der Waals surface area contributed by atoms with Gasteiger partial charge in [0.1, 0.15) is 79.0 Å². The van der Waals surface area contributed by atoms with E-state index in [-0.39, 0.29) is 146 Å². The Balaban J connectivity index is 0.000000179. The number of halogens is 2. The third kappa shape index (κ3) is 28.0. The van der Waals surface area contributed by atoms with E-state index in [1.54, 1.807) is 163 Å². The Morgan fingerprint density at radius 3 is 1.08 bits per heavy atom. The van der Waals surface area contributed by atoms with Gasteiger partial charge < -0.3 is 80.9 Å². The van der Waals surface area contributed by atoms with Gasteiger partial charge in [0.15, 0.2) is 39.9 Å². The van der Waals surface area contributed by atoms with Crippen molar-refractivity contribution in [2.24, 2.45) is 23.5 Å². The number of pyridine rings is 3. The van der Waals surface area contributed by atoms with Crippen molar-refractivity contribution in [1.82, 2.24) is 72.1 Å². The summed E-state index contributed by atoms with van der Waals surface area (Å²) in [5.74, 6) is 1.22. The van der Waals surface area contributed by atoms with Crippen LogP contribution in [0.1, 0.15) is 260 Å². The van der Waals surface area contributed by atoms with Gasteiger partial charge in [0.25, 0.3) is 16.7 Å². The van der Waals surface area contributed by atoms with Crippen molar-refractivity contribution < 1.29 is 73.3 Å². The highest BCUT2D eigenvalue weighted by atomic mass is 35.5. The zero-order chi connectivity index (χ0) is 101. The lowest BCUT2D eigenvalue weighted by Crippen LogP contribution is -2.35. The van der Waals surface area contributed by atoms with Crippen LogP contribution in [0.5, 0.6) is 0 Å². The predicted molar refractivity (Wildman–Crippen MR) is 521 cm³/mol. The van der Waals surface area contributed by atoms with Gasteiger partial charge in [-0.1, -0.05) is 23.2 Å². The van der Waals surface area contributed by atoms with Crippen molar-refractivity contribution in [1.29, 1.82) is 0 Å². The molecule has 4 fully saturated rings. The molecule has 43 heteroatoms. The summed E-state index contributed by atoms with van der Waals surface area (Å²) in [6.07, 6.45) is 18.0.